The van der Waals surface area contributed by atoms with E-state index in [-0.39, 0.29) is 35.3 Å². The summed E-state index contributed by atoms with van der Waals surface area (Å²) in [5.41, 5.74) is 0. The van der Waals surface area contributed by atoms with Gasteiger partial charge in [0, 0.05) is 0 Å². The van der Waals surface area contributed by atoms with Crippen molar-refractivity contribution in [3.8, 4) is 0 Å². The first-order valence-corrected chi connectivity index (χ1v) is 12.9. The van der Waals surface area contributed by atoms with E-state index >= 15 is 0 Å². The third-order valence-corrected chi connectivity index (χ3v) is 8.54. The molecule has 0 aromatic carbocycles. The van der Waals surface area contributed by atoms with Crippen LogP contribution < -0.4 is 0 Å². The largest absolute Gasteiger partial charge is 2.00 e. The summed E-state index contributed by atoms with van der Waals surface area (Å²) in [6.07, 6.45) is 23.1. The Morgan fingerprint density at radius 3 is 0.815 bits per heavy atom. The first-order valence-electron chi connectivity index (χ1n) is 12.9. The summed E-state index contributed by atoms with van der Waals surface area (Å²) < 4.78 is 0. The Labute approximate surface area is 192 Å². The molecule has 0 heterocycles. The van der Waals surface area contributed by atoms with Gasteiger partial charge in [-0.05, 0) is 12.3 Å². The second-order valence-corrected chi connectivity index (χ2v) is 9.61. The Kier molecular flexibility index (Phi) is 26.0. The smallest absolute Gasteiger partial charge is 0.181 e. The van der Waals surface area contributed by atoms with Crippen molar-refractivity contribution < 1.29 is 0 Å². The predicted molar refractivity (Wildman–Crippen MR) is 138 cm³/mol. The maximum absolute atomic E-state index is 2.38. The van der Waals surface area contributed by atoms with Gasteiger partial charge >= 0.3 is 23.1 Å². The minimum Gasteiger partial charge on any atom is -0.181 e. The monoisotopic (exact) mass is 390 g/mol. The number of hydrogen-bond donors (Lipinski definition) is 0. The fourth-order valence-corrected chi connectivity index (χ4v) is 4.97. The van der Waals surface area contributed by atoms with Crippen molar-refractivity contribution in [2.45, 2.75) is 157 Å². The van der Waals surface area contributed by atoms with Gasteiger partial charge in [-0.2, -0.15) is 50.6 Å². The molecular weight excluding hydrogens is 334 g/mol. The summed E-state index contributed by atoms with van der Waals surface area (Å²) in [5.74, 6) is 0. The van der Waals surface area contributed by atoms with Crippen LogP contribution in [0.1, 0.15) is 107 Å². The first-order chi connectivity index (χ1) is 12.5. The molecule has 0 spiro atoms. The van der Waals surface area contributed by atoms with Crippen LogP contribution >= 0.6 is 0 Å². The van der Waals surface area contributed by atoms with Crippen LogP contribution in [0.15, 0.2) is 0 Å². The molecule has 0 saturated heterocycles. The average molecular weight is 391 g/mol. The van der Waals surface area contributed by atoms with Crippen LogP contribution in [0, 0.1) is 0 Å². The molecule has 0 bridgehead atoms. The summed E-state index contributed by atoms with van der Waals surface area (Å²) in [5, 5.41) is 0. The maximum Gasteiger partial charge on any atom is 2.00 e. The topological polar surface area (TPSA) is 0 Å². The SMILES string of the molecule is CCCCCC[B-](CC)(CC)CC.CCCCCC[B-](CC)(CC)CC.[Mg+2]. The van der Waals surface area contributed by atoms with Gasteiger partial charge in [0.1, 0.15) is 0 Å². The molecule has 0 aromatic heterocycles. The zero-order chi connectivity index (χ0) is 20.3. The molecule has 0 radical (unpaired) electrons. The second kappa shape index (κ2) is 21.6. The van der Waals surface area contributed by atoms with E-state index in [0.717, 1.165) is 0 Å². The van der Waals surface area contributed by atoms with E-state index in [0.29, 0.717) is 0 Å². The molecule has 0 atom stereocenters. The van der Waals surface area contributed by atoms with E-state index in [1.165, 1.54) is 102 Å². The summed E-state index contributed by atoms with van der Waals surface area (Å²) >= 11 is 0. The Balaban J connectivity index is -0.000000411. The number of hydrogen-bond acceptors (Lipinski definition) is 0. The van der Waals surface area contributed by atoms with Crippen LogP contribution in [-0.4, -0.2) is 35.3 Å². The Morgan fingerprint density at radius 2 is 0.630 bits per heavy atom. The van der Waals surface area contributed by atoms with E-state index < -0.39 is 0 Å². The number of rotatable bonds is 16. The zero-order valence-electron chi connectivity index (χ0n) is 21.2. The van der Waals surface area contributed by atoms with E-state index in [4.69, 9.17) is 0 Å². The van der Waals surface area contributed by atoms with Crippen molar-refractivity contribution in [2.75, 3.05) is 0 Å². The van der Waals surface area contributed by atoms with Crippen molar-refractivity contribution in [2.24, 2.45) is 0 Å². The molecule has 0 aliphatic rings. The molecule has 3 heteroatoms. The fourth-order valence-electron chi connectivity index (χ4n) is 4.97. The molecule has 0 unspecified atom stereocenters. The molecule has 0 aliphatic heterocycles. The first kappa shape index (κ1) is 32.6. The predicted octanol–water partition coefficient (Wildman–Crippen LogP) is 9.77. The van der Waals surface area contributed by atoms with Gasteiger partial charge in [-0.1, -0.05) is 107 Å². The van der Waals surface area contributed by atoms with Gasteiger partial charge < -0.3 is 0 Å². The van der Waals surface area contributed by atoms with E-state index in [9.17, 15) is 0 Å². The van der Waals surface area contributed by atoms with Gasteiger partial charge in [-0.3, -0.25) is 0 Å². The summed E-state index contributed by atoms with van der Waals surface area (Å²) in [6.45, 7) is 18.9. The van der Waals surface area contributed by atoms with E-state index in [1.54, 1.807) is 0 Å². The Bertz CT molecular complexity index is 229. The van der Waals surface area contributed by atoms with Crippen LogP contribution in [0.25, 0.3) is 0 Å². The van der Waals surface area contributed by atoms with Crippen LogP contribution in [0.5, 0.6) is 0 Å². The molecule has 0 N–H and O–H groups in total. The fraction of sp³-hybridized carbons (Fsp3) is 1.00. The maximum atomic E-state index is 2.38. The van der Waals surface area contributed by atoms with Crippen LogP contribution in [0.4, 0.5) is 0 Å². The molecular formula is C24H56B2Mg. The summed E-state index contributed by atoms with van der Waals surface area (Å²) in [7, 11) is 0. The molecule has 0 fully saturated rings. The van der Waals surface area contributed by atoms with Gasteiger partial charge in [-0.15, -0.1) is 0 Å². The molecule has 160 valence electrons. The van der Waals surface area contributed by atoms with Crippen molar-refractivity contribution in [3.05, 3.63) is 0 Å². The molecule has 0 aliphatic carbocycles. The van der Waals surface area contributed by atoms with E-state index in [2.05, 4.69) is 55.4 Å². The quantitative estimate of drug-likeness (QED) is 0.182. The Morgan fingerprint density at radius 1 is 0.370 bits per heavy atom. The Hall–Kier alpha value is 0.896. The third-order valence-electron chi connectivity index (χ3n) is 8.54. The zero-order valence-corrected chi connectivity index (χ0v) is 22.6. The molecule has 0 nitrogen and oxygen atoms in total. The molecule has 27 heavy (non-hydrogen) atoms. The standard InChI is InChI=1S/2C12H28B.Mg/c2*1-5-9-10-11-12-13(6-2,7-3)8-4;/h2*5-12H2,1-4H3;/q2*-1;+2. The van der Waals surface area contributed by atoms with Gasteiger partial charge in [-0.25, -0.2) is 0 Å². The van der Waals surface area contributed by atoms with E-state index in [1.807, 2.05) is 0 Å². The van der Waals surface area contributed by atoms with Crippen LogP contribution in [-0.2, 0) is 0 Å². The minimum absolute atomic E-state index is 0. The molecule has 0 rings (SSSR count). The van der Waals surface area contributed by atoms with Gasteiger partial charge in [0.15, 0.2) is 0 Å². The second-order valence-electron chi connectivity index (χ2n) is 9.61. The molecule has 0 aromatic rings. The van der Waals surface area contributed by atoms with Gasteiger partial charge in [0.25, 0.3) is 0 Å². The average Bonchev–Trinajstić information content (AvgIpc) is 2.70. The van der Waals surface area contributed by atoms with Crippen molar-refractivity contribution in [3.63, 3.8) is 0 Å². The van der Waals surface area contributed by atoms with Gasteiger partial charge in [0.05, 0.1) is 0 Å². The van der Waals surface area contributed by atoms with Crippen LogP contribution in [0.3, 0.4) is 0 Å². The minimum atomic E-state index is 0. The van der Waals surface area contributed by atoms with Crippen molar-refractivity contribution >= 4 is 35.3 Å². The summed E-state index contributed by atoms with van der Waals surface area (Å²) in [4.78, 5) is 0. The summed E-state index contributed by atoms with van der Waals surface area (Å²) in [6, 6.07) is 0. The van der Waals surface area contributed by atoms with Crippen LogP contribution in [0.2, 0.25) is 50.6 Å². The molecule has 0 saturated carbocycles. The molecule has 0 amide bonds. The third kappa shape index (κ3) is 15.4. The number of unbranched alkanes of at least 4 members (excludes halogenated alkanes) is 6. The van der Waals surface area contributed by atoms with Gasteiger partial charge in [0.2, 0.25) is 0 Å². The van der Waals surface area contributed by atoms with Crippen molar-refractivity contribution in [1.29, 1.82) is 0 Å². The van der Waals surface area contributed by atoms with Crippen molar-refractivity contribution in [1.82, 2.24) is 0 Å². The normalized spacial score (nSPS) is 11.6.